The van der Waals surface area contributed by atoms with E-state index < -0.39 is 23.7 Å². The Kier molecular flexibility index (Phi) is 5.80. The fourth-order valence-corrected chi connectivity index (χ4v) is 4.73. The molecule has 0 unspecified atom stereocenters. The van der Waals surface area contributed by atoms with Crippen molar-refractivity contribution in [1.82, 2.24) is 5.01 Å². The Bertz CT molecular complexity index is 758. The third kappa shape index (κ3) is 3.84. The largest absolute Gasteiger partial charge is 0.439 e. The first kappa shape index (κ1) is 20.5. The zero-order valence-corrected chi connectivity index (χ0v) is 16.2. The number of carbonyl (C=O) groups excluding carboxylic acids is 1. The summed E-state index contributed by atoms with van der Waals surface area (Å²) >= 11 is 7.19. The van der Waals surface area contributed by atoms with Crippen LogP contribution >= 0.6 is 23.4 Å². The molecular formula is C18H20ClF3N2O2S. The van der Waals surface area contributed by atoms with E-state index in [2.05, 4.69) is 5.10 Å². The molecule has 1 heterocycles. The number of hydrogen-bond donors (Lipinski definition) is 1. The standard InChI is InChI=1S/C18H20ClF3N2O2S/c1-11-6-7-15-13(8-11)17(26,18(20,21)22)24(23-15)16(25)10-27-9-12-4-2-3-5-14(12)19/h2-5,11,13,26H,6-10H2,1H3/t11-,13+,17+/m1/s1. The SMILES string of the molecule is C[C@@H]1CCC2=NN(C(=O)CSCc3ccccc3Cl)[C@@](O)(C(F)(F)F)[C@H]2C1. The van der Waals surface area contributed by atoms with E-state index >= 15 is 0 Å². The molecule has 27 heavy (non-hydrogen) atoms. The van der Waals surface area contributed by atoms with E-state index in [9.17, 15) is 23.1 Å². The number of halogens is 4. The maximum atomic E-state index is 13.8. The number of benzene rings is 1. The van der Waals surface area contributed by atoms with Crippen molar-refractivity contribution in [3.8, 4) is 0 Å². The van der Waals surface area contributed by atoms with E-state index in [4.69, 9.17) is 11.6 Å². The van der Waals surface area contributed by atoms with Gasteiger partial charge in [-0.1, -0.05) is 36.7 Å². The van der Waals surface area contributed by atoms with Crippen LogP contribution in [0.4, 0.5) is 13.2 Å². The van der Waals surface area contributed by atoms with Gasteiger partial charge in [0.25, 0.3) is 11.6 Å². The van der Waals surface area contributed by atoms with Crippen LogP contribution in [0.25, 0.3) is 0 Å². The Morgan fingerprint density at radius 1 is 1.44 bits per heavy atom. The number of alkyl halides is 3. The Hall–Kier alpha value is -1.25. The molecule has 9 heteroatoms. The number of nitrogens with zero attached hydrogens (tertiary/aromatic N) is 2. The van der Waals surface area contributed by atoms with Crippen LogP contribution in [0, 0.1) is 11.8 Å². The van der Waals surface area contributed by atoms with Crippen molar-refractivity contribution in [2.75, 3.05) is 5.75 Å². The first-order valence-electron chi connectivity index (χ1n) is 8.65. The smallest absolute Gasteiger partial charge is 0.362 e. The number of rotatable bonds is 4. The molecular weight excluding hydrogens is 401 g/mol. The molecule has 1 amide bonds. The molecule has 0 aromatic heterocycles. The zero-order valence-electron chi connectivity index (χ0n) is 14.7. The van der Waals surface area contributed by atoms with Gasteiger partial charge in [0.1, 0.15) is 0 Å². The molecule has 1 aliphatic heterocycles. The molecule has 3 atom stereocenters. The summed E-state index contributed by atoms with van der Waals surface area (Å²) in [5, 5.41) is 15.3. The normalized spacial score (nSPS) is 28.1. The van der Waals surface area contributed by atoms with Crippen molar-refractivity contribution < 1.29 is 23.1 Å². The highest BCUT2D eigenvalue weighted by molar-refractivity contribution is 7.99. The van der Waals surface area contributed by atoms with Gasteiger partial charge in [-0.05, 0) is 36.8 Å². The molecule has 1 N–H and O–H groups in total. The molecule has 2 aliphatic rings. The summed E-state index contributed by atoms with van der Waals surface area (Å²) in [7, 11) is 0. The lowest BCUT2D eigenvalue weighted by Crippen LogP contribution is -2.62. The molecule has 1 aromatic rings. The van der Waals surface area contributed by atoms with Crippen LogP contribution in [0.5, 0.6) is 0 Å². The molecule has 0 spiro atoms. The zero-order chi connectivity index (χ0) is 19.8. The summed E-state index contributed by atoms with van der Waals surface area (Å²) in [6.45, 7) is 1.84. The van der Waals surface area contributed by atoms with Gasteiger partial charge in [-0.2, -0.15) is 23.3 Å². The summed E-state index contributed by atoms with van der Waals surface area (Å²) < 4.78 is 41.3. The van der Waals surface area contributed by atoms with Crippen LogP contribution in [0.15, 0.2) is 29.4 Å². The van der Waals surface area contributed by atoms with Crippen LogP contribution < -0.4 is 0 Å². The second-order valence-electron chi connectivity index (χ2n) is 7.04. The molecule has 148 valence electrons. The van der Waals surface area contributed by atoms with E-state index in [1.165, 1.54) is 0 Å². The van der Waals surface area contributed by atoms with Gasteiger partial charge in [0.05, 0.1) is 11.7 Å². The second-order valence-corrected chi connectivity index (χ2v) is 8.43. The lowest BCUT2D eigenvalue weighted by molar-refractivity contribution is -0.317. The molecule has 0 radical (unpaired) electrons. The molecule has 1 aliphatic carbocycles. The average molecular weight is 421 g/mol. The highest BCUT2D eigenvalue weighted by atomic mass is 35.5. The van der Waals surface area contributed by atoms with Gasteiger partial charge in [-0.25, -0.2) is 0 Å². The van der Waals surface area contributed by atoms with Crippen molar-refractivity contribution in [3.05, 3.63) is 34.9 Å². The number of carbonyl (C=O) groups is 1. The fourth-order valence-electron chi connectivity index (χ4n) is 3.58. The topological polar surface area (TPSA) is 52.9 Å². The number of thioether (sulfide) groups is 1. The number of hydrogen-bond acceptors (Lipinski definition) is 4. The first-order chi connectivity index (χ1) is 12.6. The lowest BCUT2D eigenvalue weighted by Gasteiger charge is -2.39. The Balaban J connectivity index is 1.74. The summed E-state index contributed by atoms with van der Waals surface area (Å²) in [6.07, 6.45) is -3.76. The van der Waals surface area contributed by atoms with E-state index in [0.717, 1.165) is 17.3 Å². The minimum Gasteiger partial charge on any atom is -0.362 e. The van der Waals surface area contributed by atoms with Gasteiger partial charge in [0.2, 0.25) is 0 Å². The van der Waals surface area contributed by atoms with Gasteiger partial charge in [0.15, 0.2) is 0 Å². The summed E-state index contributed by atoms with van der Waals surface area (Å²) in [6, 6.07) is 7.07. The summed E-state index contributed by atoms with van der Waals surface area (Å²) in [5.41, 5.74) is -2.21. The highest BCUT2D eigenvalue weighted by Gasteiger charge is 2.68. The monoisotopic (exact) mass is 420 g/mol. The molecule has 3 rings (SSSR count). The first-order valence-corrected chi connectivity index (χ1v) is 10.2. The van der Waals surface area contributed by atoms with Gasteiger partial charge in [-0.15, -0.1) is 11.8 Å². The van der Waals surface area contributed by atoms with Crippen LogP contribution in [0.2, 0.25) is 5.02 Å². The Labute approximate surface area is 164 Å². The highest BCUT2D eigenvalue weighted by Crippen LogP contribution is 2.49. The van der Waals surface area contributed by atoms with Crippen molar-refractivity contribution in [3.63, 3.8) is 0 Å². The van der Waals surface area contributed by atoms with Crippen molar-refractivity contribution in [2.45, 2.75) is 43.8 Å². The van der Waals surface area contributed by atoms with Crippen LogP contribution in [-0.4, -0.2) is 39.4 Å². The van der Waals surface area contributed by atoms with Gasteiger partial charge in [-0.3, -0.25) is 4.79 Å². The van der Waals surface area contributed by atoms with E-state index in [0.29, 0.717) is 23.6 Å². The molecule has 0 bridgehead atoms. The molecule has 1 saturated carbocycles. The van der Waals surface area contributed by atoms with Crippen molar-refractivity contribution >= 4 is 35.0 Å². The third-order valence-corrected chi connectivity index (χ3v) is 6.40. The van der Waals surface area contributed by atoms with Crippen LogP contribution in [-0.2, 0) is 10.5 Å². The number of fused-ring (bicyclic) bond motifs is 1. The lowest BCUT2D eigenvalue weighted by atomic mass is 9.76. The number of amides is 1. The molecule has 1 aromatic carbocycles. The summed E-state index contributed by atoms with van der Waals surface area (Å²) in [4.78, 5) is 12.5. The van der Waals surface area contributed by atoms with Crippen molar-refractivity contribution in [1.29, 1.82) is 0 Å². The van der Waals surface area contributed by atoms with E-state index in [1.54, 1.807) is 24.3 Å². The average Bonchev–Trinajstić information content (AvgIpc) is 2.90. The number of aliphatic hydroxyl groups is 1. The molecule has 4 nitrogen and oxygen atoms in total. The molecule has 1 fully saturated rings. The second kappa shape index (κ2) is 7.64. The minimum absolute atomic E-state index is 0.0347. The maximum absolute atomic E-state index is 13.8. The van der Waals surface area contributed by atoms with Gasteiger partial charge in [0, 0.05) is 16.5 Å². The van der Waals surface area contributed by atoms with Gasteiger partial charge >= 0.3 is 6.18 Å². The van der Waals surface area contributed by atoms with E-state index in [-0.39, 0.29) is 28.8 Å². The predicted molar refractivity (Wildman–Crippen MR) is 99.4 cm³/mol. The minimum atomic E-state index is -4.98. The van der Waals surface area contributed by atoms with Gasteiger partial charge < -0.3 is 5.11 Å². The van der Waals surface area contributed by atoms with Crippen LogP contribution in [0.3, 0.4) is 0 Å². The molecule has 0 saturated heterocycles. The Morgan fingerprint density at radius 3 is 2.81 bits per heavy atom. The third-order valence-electron chi connectivity index (χ3n) is 5.07. The predicted octanol–water partition coefficient (Wildman–Crippen LogP) is 4.46. The maximum Gasteiger partial charge on any atom is 0.439 e. The summed E-state index contributed by atoms with van der Waals surface area (Å²) in [5.74, 6) is -1.88. The number of hydrazone groups is 1. The van der Waals surface area contributed by atoms with Crippen molar-refractivity contribution in [2.24, 2.45) is 16.9 Å². The quantitative estimate of drug-likeness (QED) is 0.782. The fraction of sp³-hybridized carbons (Fsp3) is 0.556. The van der Waals surface area contributed by atoms with E-state index in [1.807, 2.05) is 6.92 Å². The Morgan fingerprint density at radius 2 is 2.15 bits per heavy atom. The van der Waals surface area contributed by atoms with Crippen LogP contribution in [0.1, 0.15) is 31.7 Å².